The quantitative estimate of drug-likeness (QED) is 0.271. The van der Waals surface area contributed by atoms with Crippen molar-refractivity contribution >= 4 is 22.5 Å². The van der Waals surface area contributed by atoms with Gasteiger partial charge in [0, 0.05) is 30.8 Å². The molecule has 1 amide bonds. The Morgan fingerprint density at radius 1 is 0.971 bits per heavy atom. The number of aromatic amines is 1. The molecular formula is C28H30N4O2. The van der Waals surface area contributed by atoms with Crippen molar-refractivity contribution in [1.29, 1.82) is 0 Å². The van der Waals surface area contributed by atoms with E-state index < -0.39 is 0 Å². The SMILES string of the molecule is CCC(=O)CCCCC[C@H](NC(=O)c1cccnc1)c1ncc(-c2ccc3ccccc3c2)[nH]1. The van der Waals surface area contributed by atoms with Gasteiger partial charge in [0.05, 0.1) is 23.5 Å². The standard InChI is InChI=1S/C28H30N4O2/c1-2-24(33)12-4-3-5-13-25(32-28(34)23-11-8-16-29-18-23)27-30-19-26(31-27)22-15-14-20-9-6-7-10-21(20)17-22/h6-11,14-19,25H,2-5,12-13H2,1H3,(H,30,31)(H,32,34)/t25-/m0/s1. The van der Waals surface area contributed by atoms with Crippen LogP contribution < -0.4 is 5.32 Å². The Balaban J connectivity index is 1.49. The van der Waals surface area contributed by atoms with Gasteiger partial charge in [-0.15, -0.1) is 0 Å². The van der Waals surface area contributed by atoms with Gasteiger partial charge in [0.25, 0.3) is 5.91 Å². The number of benzene rings is 2. The van der Waals surface area contributed by atoms with E-state index in [2.05, 4.69) is 50.6 Å². The van der Waals surface area contributed by atoms with Crippen LogP contribution in [0, 0.1) is 0 Å². The van der Waals surface area contributed by atoms with Gasteiger partial charge in [-0.2, -0.15) is 0 Å². The van der Waals surface area contributed by atoms with Crippen LogP contribution in [0.1, 0.15) is 67.7 Å². The maximum Gasteiger partial charge on any atom is 0.253 e. The Kier molecular flexibility index (Phi) is 7.81. The van der Waals surface area contributed by atoms with Crippen molar-refractivity contribution < 1.29 is 9.59 Å². The molecule has 0 fully saturated rings. The van der Waals surface area contributed by atoms with Crippen LogP contribution in [0.2, 0.25) is 0 Å². The average Bonchev–Trinajstić information content (AvgIpc) is 3.38. The minimum Gasteiger partial charge on any atom is -0.342 e. The molecule has 0 aliphatic heterocycles. The fourth-order valence-corrected chi connectivity index (χ4v) is 4.06. The van der Waals surface area contributed by atoms with Crippen LogP contribution in [0.4, 0.5) is 0 Å². The molecule has 0 saturated carbocycles. The third-order valence-electron chi connectivity index (χ3n) is 6.06. The number of unbranched alkanes of at least 4 members (excludes halogenated alkanes) is 2. The zero-order chi connectivity index (χ0) is 23.8. The summed E-state index contributed by atoms with van der Waals surface area (Å²) in [6.45, 7) is 1.90. The first-order valence-corrected chi connectivity index (χ1v) is 11.9. The lowest BCUT2D eigenvalue weighted by Crippen LogP contribution is -2.29. The lowest BCUT2D eigenvalue weighted by atomic mass is 10.0. The molecule has 4 aromatic rings. The molecule has 2 aromatic carbocycles. The molecule has 174 valence electrons. The third kappa shape index (κ3) is 5.95. The fourth-order valence-electron chi connectivity index (χ4n) is 4.06. The third-order valence-corrected chi connectivity index (χ3v) is 6.06. The van der Waals surface area contributed by atoms with Gasteiger partial charge in [0.2, 0.25) is 0 Å². The number of carbonyl (C=O) groups excluding carboxylic acids is 2. The Morgan fingerprint density at radius 3 is 2.62 bits per heavy atom. The van der Waals surface area contributed by atoms with Crippen molar-refractivity contribution in [2.75, 3.05) is 0 Å². The van der Waals surface area contributed by atoms with Gasteiger partial charge in [-0.25, -0.2) is 4.98 Å². The molecule has 0 aliphatic rings. The first-order valence-electron chi connectivity index (χ1n) is 11.9. The summed E-state index contributed by atoms with van der Waals surface area (Å²) in [6.07, 6.45) is 9.67. The number of nitrogens with one attached hydrogen (secondary N) is 2. The molecule has 0 saturated heterocycles. The Morgan fingerprint density at radius 2 is 1.82 bits per heavy atom. The van der Waals surface area contributed by atoms with Crippen LogP contribution in [-0.2, 0) is 4.79 Å². The number of H-pyrrole nitrogens is 1. The molecule has 6 nitrogen and oxygen atoms in total. The number of nitrogens with zero attached hydrogens (tertiary/aromatic N) is 2. The Bertz CT molecular complexity index is 1250. The molecule has 0 radical (unpaired) electrons. The Labute approximate surface area is 199 Å². The van der Waals surface area contributed by atoms with Gasteiger partial charge in [-0.3, -0.25) is 14.6 Å². The summed E-state index contributed by atoms with van der Waals surface area (Å²) in [5.74, 6) is 0.848. The predicted molar refractivity (Wildman–Crippen MR) is 134 cm³/mol. The lowest BCUT2D eigenvalue weighted by molar-refractivity contribution is -0.118. The zero-order valence-corrected chi connectivity index (χ0v) is 19.5. The van der Waals surface area contributed by atoms with Gasteiger partial charge in [0.15, 0.2) is 0 Å². The molecule has 2 N–H and O–H groups in total. The molecule has 1 atom stereocenters. The average molecular weight is 455 g/mol. The summed E-state index contributed by atoms with van der Waals surface area (Å²) in [4.78, 5) is 36.5. The van der Waals surface area contributed by atoms with E-state index in [1.165, 1.54) is 10.8 Å². The number of Topliss-reactive ketones (excluding diaryl/α,β-unsaturated/α-hetero) is 1. The second-order valence-corrected chi connectivity index (χ2v) is 8.50. The number of carbonyl (C=O) groups is 2. The van der Waals surface area contributed by atoms with E-state index in [4.69, 9.17) is 0 Å². The van der Waals surface area contributed by atoms with E-state index >= 15 is 0 Å². The molecule has 4 rings (SSSR count). The number of hydrogen-bond donors (Lipinski definition) is 2. The van der Waals surface area contributed by atoms with E-state index in [0.717, 1.165) is 42.8 Å². The van der Waals surface area contributed by atoms with Crippen molar-refractivity contribution in [3.05, 3.63) is 84.6 Å². The largest absolute Gasteiger partial charge is 0.342 e. The number of aromatic nitrogens is 3. The number of ketones is 1. The second-order valence-electron chi connectivity index (χ2n) is 8.50. The molecule has 2 aromatic heterocycles. The van der Waals surface area contributed by atoms with E-state index in [0.29, 0.717) is 24.2 Å². The van der Waals surface area contributed by atoms with Crippen molar-refractivity contribution in [2.24, 2.45) is 0 Å². The summed E-state index contributed by atoms with van der Waals surface area (Å²) in [5, 5.41) is 5.47. The van der Waals surface area contributed by atoms with Crippen LogP contribution >= 0.6 is 0 Å². The minimum atomic E-state index is -0.260. The lowest BCUT2D eigenvalue weighted by Gasteiger charge is -2.17. The number of hydrogen-bond acceptors (Lipinski definition) is 4. The zero-order valence-electron chi connectivity index (χ0n) is 19.5. The van der Waals surface area contributed by atoms with E-state index in [-0.39, 0.29) is 11.9 Å². The molecule has 34 heavy (non-hydrogen) atoms. The molecule has 0 unspecified atom stereocenters. The second kappa shape index (κ2) is 11.4. The van der Waals surface area contributed by atoms with Crippen molar-refractivity contribution in [3.63, 3.8) is 0 Å². The normalized spacial score (nSPS) is 11.9. The first-order chi connectivity index (χ1) is 16.6. The number of pyridine rings is 1. The van der Waals surface area contributed by atoms with E-state index in [1.54, 1.807) is 24.5 Å². The topological polar surface area (TPSA) is 87.7 Å². The van der Waals surface area contributed by atoms with Gasteiger partial charge in [-0.1, -0.05) is 56.2 Å². The smallest absolute Gasteiger partial charge is 0.253 e. The maximum absolute atomic E-state index is 12.8. The van der Waals surface area contributed by atoms with Crippen LogP contribution in [0.25, 0.3) is 22.0 Å². The van der Waals surface area contributed by atoms with Gasteiger partial charge in [0.1, 0.15) is 11.6 Å². The minimum absolute atomic E-state index is 0.178. The van der Waals surface area contributed by atoms with Crippen molar-refractivity contribution in [2.45, 2.75) is 51.5 Å². The number of rotatable bonds is 11. The fraction of sp³-hybridized carbons (Fsp3) is 0.286. The highest BCUT2D eigenvalue weighted by Crippen LogP contribution is 2.26. The summed E-state index contributed by atoms with van der Waals surface area (Å²) >= 11 is 0. The highest BCUT2D eigenvalue weighted by atomic mass is 16.1. The molecule has 2 heterocycles. The first kappa shape index (κ1) is 23.4. The summed E-state index contributed by atoms with van der Waals surface area (Å²) in [7, 11) is 0. The number of fused-ring (bicyclic) bond motifs is 1. The predicted octanol–water partition coefficient (Wildman–Crippen LogP) is 6.03. The van der Waals surface area contributed by atoms with Gasteiger partial charge < -0.3 is 10.3 Å². The van der Waals surface area contributed by atoms with Gasteiger partial charge >= 0.3 is 0 Å². The van der Waals surface area contributed by atoms with Crippen molar-refractivity contribution in [1.82, 2.24) is 20.3 Å². The summed E-state index contributed by atoms with van der Waals surface area (Å²) in [6, 6.07) is 17.8. The highest BCUT2D eigenvalue weighted by Gasteiger charge is 2.19. The monoisotopic (exact) mass is 454 g/mol. The van der Waals surface area contributed by atoms with E-state index in [1.807, 2.05) is 25.3 Å². The maximum atomic E-state index is 12.8. The van der Waals surface area contributed by atoms with Crippen LogP contribution in [0.3, 0.4) is 0 Å². The van der Waals surface area contributed by atoms with Crippen LogP contribution in [0.15, 0.2) is 73.2 Å². The van der Waals surface area contributed by atoms with E-state index in [9.17, 15) is 9.59 Å². The number of amides is 1. The summed E-state index contributed by atoms with van der Waals surface area (Å²) < 4.78 is 0. The number of imidazole rings is 1. The highest BCUT2D eigenvalue weighted by molar-refractivity contribution is 5.94. The van der Waals surface area contributed by atoms with Crippen molar-refractivity contribution in [3.8, 4) is 11.3 Å². The molecule has 6 heteroatoms. The van der Waals surface area contributed by atoms with Crippen LogP contribution in [0.5, 0.6) is 0 Å². The summed E-state index contributed by atoms with van der Waals surface area (Å²) in [5.41, 5.74) is 2.48. The van der Waals surface area contributed by atoms with Gasteiger partial charge in [-0.05, 0) is 41.8 Å². The molecule has 0 spiro atoms. The Hall–Kier alpha value is -3.80. The molecule has 0 bridgehead atoms. The van der Waals surface area contributed by atoms with Crippen LogP contribution in [-0.4, -0.2) is 26.6 Å². The molecule has 0 aliphatic carbocycles. The molecular weight excluding hydrogens is 424 g/mol.